The molecule has 194 valence electrons. The molecule has 0 aliphatic rings. The van der Waals surface area contributed by atoms with Crippen LogP contribution < -0.4 is 9.47 Å². The number of hydrogen-bond donors (Lipinski definition) is 0. The third-order valence-electron chi connectivity index (χ3n) is 5.61. The van der Waals surface area contributed by atoms with Gasteiger partial charge in [-0.3, -0.25) is 0 Å². The van der Waals surface area contributed by atoms with Crippen LogP contribution in [-0.2, 0) is 35.1 Å². The Hall–Kier alpha value is -3.57. The van der Waals surface area contributed by atoms with Gasteiger partial charge in [0.15, 0.2) is 5.75 Å². The third kappa shape index (κ3) is 7.05. The number of nitriles is 1. The van der Waals surface area contributed by atoms with Gasteiger partial charge in [-0.15, -0.1) is 0 Å². The summed E-state index contributed by atoms with van der Waals surface area (Å²) in [6.07, 6.45) is 2.01. The SMILES string of the molecule is N#COC(F)(OCc1ccccc1)c1cc(OCCc2ccccc2)c(Cl)c(OCc2ccccc2)c1Br. The van der Waals surface area contributed by atoms with Crippen LogP contribution in [0, 0.1) is 11.5 Å². The Morgan fingerprint density at radius 2 is 1.37 bits per heavy atom. The van der Waals surface area contributed by atoms with E-state index < -0.39 is 6.04 Å². The van der Waals surface area contributed by atoms with Crippen molar-refractivity contribution in [2.75, 3.05) is 6.61 Å². The van der Waals surface area contributed by atoms with E-state index in [0.29, 0.717) is 12.0 Å². The minimum atomic E-state index is -2.95. The highest BCUT2D eigenvalue weighted by molar-refractivity contribution is 9.10. The van der Waals surface area contributed by atoms with Gasteiger partial charge in [0, 0.05) is 6.42 Å². The molecule has 0 heterocycles. The fraction of sp³-hybridized carbons (Fsp3) is 0.167. The minimum absolute atomic E-state index is 0.134. The maximum absolute atomic E-state index is 16.3. The van der Waals surface area contributed by atoms with E-state index in [2.05, 4.69) is 15.9 Å². The van der Waals surface area contributed by atoms with E-state index in [9.17, 15) is 5.26 Å². The van der Waals surface area contributed by atoms with Crippen molar-refractivity contribution in [2.45, 2.75) is 25.7 Å². The second-order valence-electron chi connectivity index (χ2n) is 8.24. The third-order valence-corrected chi connectivity index (χ3v) is 6.76. The molecule has 4 rings (SSSR count). The van der Waals surface area contributed by atoms with Crippen LogP contribution in [0.3, 0.4) is 0 Å². The molecule has 0 saturated carbocycles. The summed E-state index contributed by atoms with van der Waals surface area (Å²) in [7, 11) is 0. The summed E-state index contributed by atoms with van der Waals surface area (Å²) in [5.74, 6) is 0.297. The first-order valence-electron chi connectivity index (χ1n) is 11.8. The molecule has 0 amide bonds. The van der Waals surface area contributed by atoms with Gasteiger partial charge in [0.2, 0.25) is 0 Å². The largest absolute Gasteiger partial charge is 0.492 e. The maximum atomic E-state index is 16.3. The molecule has 0 bridgehead atoms. The fourth-order valence-electron chi connectivity index (χ4n) is 3.66. The van der Waals surface area contributed by atoms with Gasteiger partial charge in [-0.05, 0) is 38.7 Å². The topological polar surface area (TPSA) is 60.7 Å². The number of hydrogen-bond acceptors (Lipinski definition) is 5. The Bertz CT molecular complexity index is 1370. The minimum Gasteiger partial charge on any atom is -0.492 e. The molecule has 0 aliphatic heterocycles. The van der Waals surface area contributed by atoms with E-state index in [1.54, 1.807) is 24.3 Å². The highest BCUT2D eigenvalue weighted by atomic mass is 79.9. The predicted molar refractivity (Wildman–Crippen MR) is 146 cm³/mol. The number of rotatable bonds is 12. The number of alkyl halides is 1. The van der Waals surface area contributed by atoms with Crippen LogP contribution in [0.5, 0.6) is 11.5 Å². The van der Waals surface area contributed by atoms with Crippen LogP contribution in [-0.4, -0.2) is 6.61 Å². The van der Waals surface area contributed by atoms with E-state index >= 15 is 4.39 Å². The van der Waals surface area contributed by atoms with Crippen LogP contribution in [0.4, 0.5) is 4.39 Å². The molecule has 0 aliphatic carbocycles. The van der Waals surface area contributed by atoms with Gasteiger partial charge in [0.25, 0.3) is 6.26 Å². The van der Waals surface area contributed by atoms with Gasteiger partial charge in [-0.1, -0.05) is 103 Å². The first-order valence-corrected chi connectivity index (χ1v) is 13.0. The molecule has 0 fully saturated rings. The molecule has 0 radical (unpaired) electrons. The Morgan fingerprint density at radius 3 is 1.95 bits per heavy atom. The lowest BCUT2D eigenvalue weighted by molar-refractivity contribution is -0.305. The predicted octanol–water partition coefficient (Wildman–Crippen LogP) is 8.10. The molecular weight excluding hydrogens is 573 g/mol. The monoisotopic (exact) mass is 595 g/mol. The lowest BCUT2D eigenvalue weighted by Gasteiger charge is -2.26. The van der Waals surface area contributed by atoms with Crippen molar-refractivity contribution in [1.29, 1.82) is 5.26 Å². The normalized spacial score (nSPS) is 12.3. The molecule has 0 aromatic heterocycles. The summed E-state index contributed by atoms with van der Waals surface area (Å²) in [6, 6.07) is 26.6. The van der Waals surface area contributed by atoms with Gasteiger partial charge < -0.3 is 18.9 Å². The summed E-state index contributed by atoms with van der Waals surface area (Å²) in [5, 5.41) is 9.41. The van der Waals surface area contributed by atoms with Crippen LogP contribution in [0.15, 0.2) is 102 Å². The Morgan fingerprint density at radius 1 is 0.816 bits per heavy atom. The molecule has 4 aromatic rings. The zero-order chi connectivity index (χ0) is 26.8. The van der Waals surface area contributed by atoms with Crippen LogP contribution in [0.2, 0.25) is 5.02 Å². The van der Waals surface area contributed by atoms with Crippen molar-refractivity contribution < 1.29 is 23.3 Å². The molecule has 5 nitrogen and oxygen atoms in total. The van der Waals surface area contributed by atoms with E-state index in [1.165, 1.54) is 12.3 Å². The van der Waals surface area contributed by atoms with Crippen molar-refractivity contribution in [3.8, 4) is 17.8 Å². The first-order chi connectivity index (χ1) is 18.5. The van der Waals surface area contributed by atoms with Gasteiger partial charge in [0.05, 0.1) is 23.2 Å². The average Bonchev–Trinajstić information content (AvgIpc) is 2.95. The smallest absolute Gasteiger partial charge is 0.403 e. The molecule has 0 saturated heterocycles. The Kier molecular flexibility index (Phi) is 9.61. The second kappa shape index (κ2) is 13.3. The number of halogens is 3. The molecule has 1 unspecified atom stereocenters. The molecule has 38 heavy (non-hydrogen) atoms. The Labute approximate surface area is 234 Å². The van der Waals surface area contributed by atoms with Crippen molar-refractivity contribution in [3.63, 3.8) is 0 Å². The van der Waals surface area contributed by atoms with Gasteiger partial charge in [0.1, 0.15) is 17.4 Å². The summed E-state index contributed by atoms with van der Waals surface area (Å²) in [6.45, 7) is 0.278. The summed E-state index contributed by atoms with van der Waals surface area (Å²) in [4.78, 5) is 0. The lowest BCUT2D eigenvalue weighted by Crippen LogP contribution is -2.27. The van der Waals surface area contributed by atoms with E-state index in [0.717, 1.165) is 11.1 Å². The fourth-order valence-corrected chi connectivity index (χ4v) is 4.70. The van der Waals surface area contributed by atoms with Crippen LogP contribution in [0.25, 0.3) is 0 Å². The molecule has 1 atom stereocenters. The van der Waals surface area contributed by atoms with Crippen molar-refractivity contribution >= 4 is 27.5 Å². The molecule has 0 spiro atoms. The second-order valence-corrected chi connectivity index (χ2v) is 9.41. The number of benzene rings is 4. The van der Waals surface area contributed by atoms with Crippen LogP contribution >= 0.6 is 27.5 Å². The van der Waals surface area contributed by atoms with Gasteiger partial charge >= 0.3 is 6.04 Å². The Balaban J connectivity index is 1.67. The van der Waals surface area contributed by atoms with E-state index in [1.807, 2.05) is 66.7 Å². The zero-order valence-electron chi connectivity index (χ0n) is 20.3. The highest BCUT2D eigenvalue weighted by Gasteiger charge is 2.41. The van der Waals surface area contributed by atoms with E-state index in [-0.39, 0.29) is 46.4 Å². The molecule has 4 aromatic carbocycles. The number of nitrogens with zero attached hydrogens (tertiary/aromatic N) is 1. The summed E-state index contributed by atoms with van der Waals surface area (Å²) < 4.78 is 38.7. The van der Waals surface area contributed by atoms with Crippen molar-refractivity contribution in [3.05, 3.63) is 129 Å². The molecular formula is C30H24BrClFNO4. The average molecular weight is 597 g/mol. The summed E-state index contributed by atoms with van der Waals surface area (Å²) >= 11 is 10.1. The van der Waals surface area contributed by atoms with E-state index in [4.69, 9.17) is 30.5 Å². The van der Waals surface area contributed by atoms with Crippen molar-refractivity contribution in [1.82, 2.24) is 0 Å². The standard InChI is InChI=1S/C30H24BrClFNO4/c31-27-25(30(33,38-21-34)37-20-24-14-8-3-9-15-24)18-26(35-17-16-22-10-4-1-5-11-22)28(32)29(27)36-19-23-12-6-2-7-13-23/h1-15,18H,16-17,19-20H2. The quantitative estimate of drug-likeness (QED) is 0.122. The summed E-state index contributed by atoms with van der Waals surface area (Å²) in [5.41, 5.74) is 2.49. The first kappa shape index (κ1) is 27.5. The zero-order valence-corrected chi connectivity index (χ0v) is 22.6. The van der Waals surface area contributed by atoms with Gasteiger partial charge in [-0.25, -0.2) is 0 Å². The van der Waals surface area contributed by atoms with Crippen LogP contribution in [0.1, 0.15) is 22.3 Å². The van der Waals surface area contributed by atoms with Gasteiger partial charge in [-0.2, -0.15) is 9.65 Å². The lowest BCUT2D eigenvalue weighted by atomic mass is 10.1. The van der Waals surface area contributed by atoms with Crippen molar-refractivity contribution in [2.24, 2.45) is 0 Å². The molecule has 0 N–H and O–H groups in total. The highest BCUT2D eigenvalue weighted by Crippen LogP contribution is 2.48. The maximum Gasteiger partial charge on any atom is 0.403 e. The molecule has 8 heteroatoms. The number of ether oxygens (including phenoxy) is 4.